The van der Waals surface area contributed by atoms with Crippen LogP contribution in [0.2, 0.25) is 0 Å². The van der Waals surface area contributed by atoms with E-state index in [4.69, 9.17) is 9.31 Å². The molecule has 2 aromatic rings. The van der Waals surface area contributed by atoms with Gasteiger partial charge in [0.2, 0.25) is 0 Å². The van der Waals surface area contributed by atoms with Crippen molar-refractivity contribution in [2.75, 3.05) is 0 Å². The van der Waals surface area contributed by atoms with Gasteiger partial charge in [-0.15, -0.1) is 12.4 Å². The first-order valence-electron chi connectivity index (χ1n) is 5.68. The van der Waals surface area contributed by atoms with Gasteiger partial charge in [0.25, 0.3) is 0 Å². The second-order valence-electron chi connectivity index (χ2n) is 3.79. The van der Waals surface area contributed by atoms with Gasteiger partial charge in [-0.25, -0.2) is 0 Å². The summed E-state index contributed by atoms with van der Waals surface area (Å²) < 4.78 is 10.7. The summed E-state index contributed by atoms with van der Waals surface area (Å²) in [5.74, 6) is 1.10. The zero-order valence-electron chi connectivity index (χ0n) is 10.5. The molecule has 0 N–H and O–H groups in total. The Hall–Kier alpha value is -2.27. The van der Waals surface area contributed by atoms with Crippen LogP contribution < -0.4 is 9.31 Å². The highest BCUT2D eigenvalue weighted by atomic mass is 35.5. The Balaban J connectivity index is 0.00000200. The number of aldehydes is 2. The maximum absolute atomic E-state index is 10.6. The van der Waals surface area contributed by atoms with Crippen LogP contribution in [0.25, 0.3) is 0 Å². The molecule has 0 aromatic heterocycles. The largest absolute Gasteiger partial charge is 0.576 e. The summed E-state index contributed by atoms with van der Waals surface area (Å²) in [5, 5.41) is 0. The normalized spacial score (nSPS) is 9.00. The first-order valence-corrected chi connectivity index (χ1v) is 5.68. The van der Waals surface area contributed by atoms with Crippen molar-refractivity contribution in [3.63, 3.8) is 0 Å². The molecule has 0 heterocycles. The Morgan fingerprint density at radius 2 is 1.25 bits per heavy atom. The monoisotopic (exact) mass is 290 g/mol. The SMILES string of the molecule is Cl.O=Cc1cccc(OBOc2cccc(C=O)c2)c1. The molecular weight excluding hydrogens is 278 g/mol. The van der Waals surface area contributed by atoms with Gasteiger partial charge in [-0.05, 0) is 24.3 Å². The second kappa shape index (κ2) is 8.02. The molecule has 0 saturated carbocycles. The van der Waals surface area contributed by atoms with Gasteiger partial charge in [-0.2, -0.15) is 0 Å². The van der Waals surface area contributed by atoms with Crippen LogP contribution in [0, 0.1) is 0 Å². The minimum absolute atomic E-state index is 0. The summed E-state index contributed by atoms with van der Waals surface area (Å²) >= 11 is 0. The highest BCUT2D eigenvalue weighted by molar-refractivity contribution is 6.20. The lowest BCUT2D eigenvalue weighted by Crippen LogP contribution is -2.11. The van der Waals surface area contributed by atoms with Gasteiger partial charge in [0.1, 0.15) is 24.1 Å². The number of hydrogen-bond donors (Lipinski definition) is 0. The van der Waals surface area contributed by atoms with E-state index in [1.165, 1.54) is 0 Å². The van der Waals surface area contributed by atoms with Crippen LogP contribution in [-0.2, 0) is 0 Å². The smallest absolute Gasteiger partial charge is 0.529 e. The third kappa shape index (κ3) is 4.44. The lowest BCUT2D eigenvalue weighted by molar-refractivity contribution is 0.111. The number of halogens is 1. The molecule has 6 heteroatoms. The van der Waals surface area contributed by atoms with E-state index in [1.54, 1.807) is 48.5 Å². The Labute approximate surface area is 123 Å². The van der Waals surface area contributed by atoms with Gasteiger partial charge in [0.05, 0.1) is 0 Å². The van der Waals surface area contributed by atoms with E-state index in [2.05, 4.69) is 0 Å². The van der Waals surface area contributed by atoms with E-state index >= 15 is 0 Å². The predicted molar refractivity (Wildman–Crippen MR) is 79.3 cm³/mol. The summed E-state index contributed by atoms with van der Waals surface area (Å²) in [6, 6.07) is 13.5. The molecule has 0 spiro atoms. The van der Waals surface area contributed by atoms with Crippen molar-refractivity contribution in [3.05, 3.63) is 59.7 Å². The molecule has 0 atom stereocenters. The highest BCUT2D eigenvalue weighted by Gasteiger charge is 2.01. The van der Waals surface area contributed by atoms with E-state index < -0.39 is 0 Å². The summed E-state index contributed by atoms with van der Waals surface area (Å²) in [6.07, 6.45) is 1.50. The molecular formula is C14H12BClO4. The van der Waals surface area contributed by atoms with E-state index in [1.807, 2.05) is 0 Å². The molecule has 102 valence electrons. The molecule has 0 amide bonds. The Morgan fingerprint density at radius 3 is 1.65 bits per heavy atom. The molecule has 0 fully saturated rings. The quantitative estimate of drug-likeness (QED) is 0.606. The average Bonchev–Trinajstić information content (AvgIpc) is 2.48. The molecule has 0 unspecified atom stereocenters. The number of hydrogen-bond acceptors (Lipinski definition) is 4. The fourth-order valence-electron chi connectivity index (χ4n) is 1.52. The summed E-state index contributed by atoms with van der Waals surface area (Å²) in [7, 11) is 0.00458. The van der Waals surface area contributed by atoms with Gasteiger partial charge in [0.15, 0.2) is 0 Å². The minimum atomic E-state index is 0. The van der Waals surface area contributed by atoms with Crippen LogP contribution in [-0.4, -0.2) is 20.3 Å². The minimum Gasteiger partial charge on any atom is -0.529 e. The molecule has 2 rings (SSSR count). The topological polar surface area (TPSA) is 52.6 Å². The van der Waals surface area contributed by atoms with Crippen LogP contribution in [0.1, 0.15) is 20.7 Å². The summed E-state index contributed by atoms with van der Waals surface area (Å²) in [6.45, 7) is 0. The summed E-state index contributed by atoms with van der Waals surface area (Å²) in [5.41, 5.74) is 1.08. The van der Waals surface area contributed by atoms with Crippen molar-refractivity contribution in [1.29, 1.82) is 0 Å². The molecule has 20 heavy (non-hydrogen) atoms. The molecule has 0 radical (unpaired) electrons. The van der Waals surface area contributed by atoms with E-state index in [0.29, 0.717) is 22.6 Å². The number of carbonyl (C=O) groups excluding carboxylic acids is 2. The summed E-state index contributed by atoms with van der Waals surface area (Å²) in [4.78, 5) is 21.2. The molecule has 4 nitrogen and oxygen atoms in total. The Kier molecular flexibility index (Phi) is 6.33. The average molecular weight is 291 g/mol. The molecule has 2 aromatic carbocycles. The third-order valence-electron chi connectivity index (χ3n) is 2.44. The first-order chi connectivity index (χ1) is 9.31. The fourth-order valence-corrected chi connectivity index (χ4v) is 1.52. The molecule has 0 aliphatic heterocycles. The van der Waals surface area contributed by atoms with Gasteiger partial charge in [-0.1, -0.05) is 24.3 Å². The maximum atomic E-state index is 10.6. The van der Waals surface area contributed by atoms with Crippen molar-refractivity contribution < 1.29 is 18.9 Å². The van der Waals surface area contributed by atoms with E-state index in [0.717, 1.165) is 12.6 Å². The lowest BCUT2D eigenvalue weighted by Gasteiger charge is -2.07. The molecule has 0 bridgehead atoms. The number of benzene rings is 2. The highest BCUT2D eigenvalue weighted by Crippen LogP contribution is 2.14. The Bertz CT molecular complexity index is 537. The first kappa shape index (κ1) is 15.8. The molecule has 0 aliphatic carbocycles. The molecule has 0 aliphatic rings. The lowest BCUT2D eigenvalue weighted by atomic mass is 10.2. The van der Waals surface area contributed by atoms with Gasteiger partial charge in [0, 0.05) is 11.1 Å². The van der Waals surface area contributed by atoms with Crippen molar-refractivity contribution in [2.24, 2.45) is 0 Å². The van der Waals surface area contributed by atoms with E-state index in [-0.39, 0.29) is 20.1 Å². The van der Waals surface area contributed by atoms with Gasteiger partial charge < -0.3 is 9.31 Å². The van der Waals surface area contributed by atoms with Crippen molar-refractivity contribution in [2.45, 2.75) is 0 Å². The van der Waals surface area contributed by atoms with Gasteiger partial charge in [-0.3, -0.25) is 9.59 Å². The zero-order chi connectivity index (χ0) is 13.5. The standard InChI is InChI=1S/C14H11BO4.ClH/c16-9-11-3-1-5-13(7-11)18-15-19-14-6-2-4-12(8-14)10-17;/h1-10,15H;1H. The second-order valence-corrected chi connectivity index (χ2v) is 3.79. The van der Waals surface area contributed by atoms with Crippen molar-refractivity contribution in [3.8, 4) is 11.5 Å². The van der Waals surface area contributed by atoms with Crippen molar-refractivity contribution in [1.82, 2.24) is 0 Å². The van der Waals surface area contributed by atoms with Crippen LogP contribution in [0.4, 0.5) is 0 Å². The molecule has 0 saturated heterocycles. The van der Waals surface area contributed by atoms with Crippen LogP contribution in [0.3, 0.4) is 0 Å². The van der Waals surface area contributed by atoms with Crippen LogP contribution in [0.5, 0.6) is 11.5 Å². The van der Waals surface area contributed by atoms with Crippen LogP contribution >= 0.6 is 12.4 Å². The predicted octanol–water partition coefficient (Wildman–Crippen LogP) is 2.46. The number of rotatable bonds is 6. The maximum Gasteiger partial charge on any atom is 0.576 e. The zero-order valence-corrected chi connectivity index (χ0v) is 11.3. The van der Waals surface area contributed by atoms with Crippen molar-refractivity contribution >= 4 is 32.7 Å². The third-order valence-corrected chi connectivity index (χ3v) is 2.44. The van der Waals surface area contributed by atoms with Gasteiger partial charge >= 0.3 is 7.69 Å². The fraction of sp³-hybridized carbons (Fsp3) is 0. The van der Waals surface area contributed by atoms with Crippen LogP contribution in [0.15, 0.2) is 48.5 Å². The Morgan fingerprint density at radius 1 is 0.800 bits per heavy atom. The number of carbonyl (C=O) groups is 2. The van der Waals surface area contributed by atoms with E-state index in [9.17, 15) is 9.59 Å².